The van der Waals surface area contributed by atoms with Crippen molar-refractivity contribution in [1.29, 1.82) is 0 Å². The maximum atomic E-state index is 13.2. The SMILES string of the molecule is CC(=O)N/C(=C\c1ccc(/C=C(/NC(C)=O)C2=NC3C(=O)c4ccccc4C(=O)C3N2)cc1)C1=NC2C(=O)c3ccccc3C(=O)C2N1. The lowest BCUT2D eigenvalue weighted by atomic mass is 9.83. The fourth-order valence-corrected chi connectivity index (χ4v) is 6.29. The zero-order valence-electron chi connectivity index (χ0n) is 25.7. The Bertz CT molecular complexity index is 1940. The molecule has 3 aromatic carbocycles. The molecule has 4 atom stereocenters. The first kappa shape index (κ1) is 30.4. The maximum absolute atomic E-state index is 13.2. The molecule has 0 radical (unpaired) electrons. The van der Waals surface area contributed by atoms with E-state index in [0.29, 0.717) is 33.4 Å². The van der Waals surface area contributed by atoms with Crippen LogP contribution >= 0.6 is 0 Å². The molecule has 4 aliphatic rings. The Kier molecular flexibility index (Phi) is 7.47. The summed E-state index contributed by atoms with van der Waals surface area (Å²) in [6, 6.07) is 16.6. The molecule has 0 saturated carbocycles. The molecular formula is C36H28N6O6. The number of Topliss-reactive ketones (excluding diaryl/α,β-unsaturated/α-hetero) is 4. The second kappa shape index (κ2) is 11.8. The van der Waals surface area contributed by atoms with Crippen molar-refractivity contribution in [2.24, 2.45) is 9.98 Å². The van der Waals surface area contributed by atoms with Crippen LogP contribution < -0.4 is 21.3 Å². The molecule has 0 aromatic heterocycles. The number of rotatable bonds is 6. The minimum absolute atomic E-state index is 0.213. The van der Waals surface area contributed by atoms with Gasteiger partial charge in [-0.15, -0.1) is 0 Å². The zero-order valence-corrected chi connectivity index (χ0v) is 25.7. The number of fused-ring (bicyclic) bond motifs is 4. The highest BCUT2D eigenvalue weighted by Crippen LogP contribution is 2.29. The number of carbonyl (C=O) groups is 6. The van der Waals surface area contributed by atoms with E-state index >= 15 is 0 Å². The van der Waals surface area contributed by atoms with Crippen LogP contribution in [0, 0.1) is 0 Å². The molecule has 2 aliphatic heterocycles. The quantitative estimate of drug-likeness (QED) is 0.317. The number of benzene rings is 3. The molecule has 7 rings (SSSR count). The van der Waals surface area contributed by atoms with Crippen LogP contribution in [0.25, 0.3) is 12.2 Å². The molecule has 4 N–H and O–H groups in total. The third kappa shape index (κ3) is 5.32. The third-order valence-corrected chi connectivity index (χ3v) is 8.46. The summed E-state index contributed by atoms with van der Waals surface area (Å²) >= 11 is 0. The Morgan fingerprint density at radius 1 is 0.562 bits per heavy atom. The summed E-state index contributed by atoms with van der Waals surface area (Å²) in [4.78, 5) is 85.9. The first-order valence-electron chi connectivity index (χ1n) is 15.2. The van der Waals surface area contributed by atoms with Crippen LogP contribution in [0.2, 0.25) is 0 Å². The van der Waals surface area contributed by atoms with Crippen LogP contribution in [0.1, 0.15) is 66.4 Å². The van der Waals surface area contributed by atoms with Crippen molar-refractivity contribution in [2.75, 3.05) is 0 Å². The molecule has 2 amide bonds. The van der Waals surface area contributed by atoms with Crippen molar-refractivity contribution in [3.05, 3.63) is 118 Å². The van der Waals surface area contributed by atoms with Gasteiger partial charge >= 0.3 is 0 Å². The van der Waals surface area contributed by atoms with Crippen molar-refractivity contribution >= 4 is 58.8 Å². The predicted octanol–water partition coefficient (Wildman–Crippen LogP) is 2.28. The lowest BCUT2D eigenvalue weighted by Gasteiger charge is -2.23. The lowest BCUT2D eigenvalue weighted by Crippen LogP contribution is -2.49. The van der Waals surface area contributed by atoms with Gasteiger partial charge in [0.25, 0.3) is 0 Å². The highest BCUT2D eigenvalue weighted by atomic mass is 16.2. The number of amidine groups is 2. The summed E-state index contributed by atoms with van der Waals surface area (Å²) in [5, 5.41) is 11.6. The smallest absolute Gasteiger partial charge is 0.221 e. The van der Waals surface area contributed by atoms with E-state index in [1.54, 1.807) is 84.9 Å². The van der Waals surface area contributed by atoms with Gasteiger partial charge in [0, 0.05) is 36.1 Å². The highest BCUT2D eigenvalue weighted by Gasteiger charge is 2.47. The van der Waals surface area contributed by atoms with E-state index < -0.39 is 24.2 Å². The van der Waals surface area contributed by atoms with E-state index in [2.05, 4.69) is 31.3 Å². The van der Waals surface area contributed by atoms with Crippen molar-refractivity contribution in [2.45, 2.75) is 38.0 Å². The molecule has 0 fully saturated rings. The number of carbonyl (C=O) groups excluding carboxylic acids is 6. The zero-order chi connectivity index (χ0) is 33.7. The number of ketones is 4. The standard InChI is InChI=1S/C36H28N6O6/c1-17(43)37-25(35-39-27-28(40-35)32(46)22-8-4-3-7-21(22)31(27)45)15-19-11-13-20(14-12-19)16-26(38-18(2)44)36-41-29-30(42-36)34(48)24-10-6-5-9-23(24)33(29)47/h3-16,27-30H,1-2H3,(H,37,43)(H,38,44)(H,39,40)(H,41,42)/b25-15-,26-16+. The van der Waals surface area contributed by atoms with Gasteiger partial charge in [-0.2, -0.15) is 0 Å². The summed E-state index contributed by atoms with van der Waals surface area (Å²) in [6.07, 6.45) is 3.33. The average molecular weight is 641 g/mol. The number of nitrogens with one attached hydrogen (secondary N) is 4. The predicted molar refractivity (Wildman–Crippen MR) is 177 cm³/mol. The summed E-state index contributed by atoms with van der Waals surface area (Å²) in [7, 11) is 0. The first-order chi connectivity index (χ1) is 23.1. The van der Waals surface area contributed by atoms with Gasteiger partial charge in [0.15, 0.2) is 23.1 Å². The Morgan fingerprint density at radius 3 is 1.23 bits per heavy atom. The molecule has 3 aromatic rings. The van der Waals surface area contributed by atoms with Crippen LogP contribution in [0.3, 0.4) is 0 Å². The Morgan fingerprint density at radius 2 is 0.896 bits per heavy atom. The largest absolute Gasteiger partial charge is 0.356 e. The Balaban J connectivity index is 1.15. The van der Waals surface area contributed by atoms with Gasteiger partial charge in [-0.3, -0.25) is 38.8 Å². The number of amides is 2. The van der Waals surface area contributed by atoms with Gasteiger partial charge in [-0.1, -0.05) is 72.8 Å². The van der Waals surface area contributed by atoms with Crippen LogP contribution in [-0.4, -0.2) is 70.8 Å². The van der Waals surface area contributed by atoms with Crippen LogP contribution in [0.5, 0.6) is 0 Å². The molecule has 2 aliphatic carbocycles. The highest BCUT2D eigenvalue weighted by molar-refractivity contribution is 6.24. The summed E-state index contributed by atoms with van der Waals surface area (Å²) < 4.78 is 0. The van der Waals surface area contributed by atoms with E-state index in [-0.39, 0.29) is 58.0 Å². The average Bonchev–Trinajstić information content (AvgIpc) is 3.73. The van der Waals surface area contributed by atoms with Gasteiger partial charge < -0.3 is 21.3 Å². The minimum Gasteiger partial charge on any atom is -0.356 e. The molecule has 0 saturated heterocycles. The van der Waals surface area contributed by atoms with E-state index in [4.69, 9.17) is 0 Å². The van der Waals surface area contributed by atoms with E-state index in [0.717, 1.165) is 0 Å². The van der Waals surface area contributed by atoms with Gasteiger partial charge in [-0.25, -0.2) is 0 Å². The second-order valence-electron chi connectivity index (χ2n) is 11.8. The Labute approximate surface area is 274 Å². The summed E-state index contributed by atoms with van der Waals surface area (Å²) in [5.41, 5.74) is 3.20. The van der Waals surface area contributed by atoms with Crippen molar-refractivity contribution in [3.63, 3.8) is 0 Å². The van der Waals surface area contributed by atoms with Crippen LogP contribution in [0.4, 0.5) is 0 Å². The number of hydrogen-bond acceptors (Lipinski definition) is 10. The second-order valence-corrected chi connectivity index (χ2v) is 11.8. The minimum atomic E-state index is -0.949. The fourth-order valence-electron chi connectivity index (χ4n) is 6.29. The van der Waals surface area contributed by atoms with Gasteiger partial charge in [0.05, 0.1) is 11.4 Å². The maximum Gasteiger partial charge on any atom is 0.221 e. The number of nitrogens with zero attached hydrogens (tertiary/aromatic N) is 2. The topological polar surface area (TPSA) is 175 Å². The van der Waals surface area contributed by atoms with Crippen LogP contribution in [0.15, 0.2) is 94.2 Å². The van der Waals surface area contributed by atoms with Crippen molar-refractivity contribution in [3.8, 4) is 0 Å². The van der Waals surface area contributed by atoms with E-state index in [9.17, 15) is 28.8 Å². The molecule has 12 nitrogen and oxygen atoms in total. The van der Waals surface area contributed by atoms with Crippen molar-refractivity contribution < 1.29 is 28.8 Å². The molecule has 238 valence electrons. The summed E-state index contributed by atoms with van der Waals surface area (Å²) in [5.74, 6) is -1.36. The number of hydrogen-bond donors (Lipinski definition) is 4. The van der Waals surface area contributed by atoms with Crippen LogP contribution in [-0.2, 0) is 9.59 Å². The molecule has 0 bridgehead atoms. The first-order valence-corrected chi connectivity index (χ1v) is 15.2. The molecular weight excluding hydrogens is 612 g/mol. The molecule has 2 heterocycles. The fraction of sp³-hybridized carbons (Fsp3) is 0.167. The molecule has 48 heavy (non-hydrogen) atoms. The van der Waals surface area contributed by atoms with Gasteiger partial charge in [0.2, 0.25) is 11.8 Å². The Hall–Kier alpha value is -6.30. The number of aliphatic imine (C=N–C) groups is 2. The monoisotopic (exact) mass is 640 g/mol. The van der Waals surface area contributed by atoms with Crippen molar-refractivity contribution in [1.82, 2.24) is 21.3 Å². The molecule has 0 spiro atoms. The molecule has 4 unspecified atom stereocenters. The molecule has 12 heteroatoms. The van der Waals surface area contributed by atoms with E-state index in [1.807, 2.05) is 0 Å². The lowest BCUT2D eigenvalue weighted by molar-refractivity contribution is -0.119. The summed E-state index contributed by atoms with van der Waals surface area (Å²) in [6.45, 7) is 2.69. The van der Waals surface area contributed by atoms with E-state index in [1.165, 1.54) is 13.8 Å². The van der Waals surface area contributed by atoms with Gasteiger partial charge in [-0.05, 0) is 23.3 Å². The third-order valence-electron chi connectivity index (χ3n) is 8.46. The normalized spacial score (nSPS) is 22.7. The van der Waals surface area contributed by atoms with Gasteiger partial charge in [0.1, 0.15) is 35.8 Å².